The van der Waals surface area contributed by atoms with E-state index < -0.39 is 0 Å². The van der Waals surface area contributed by atoms with Gasteiger partial charge in [-0.2, -0.15) is 0 Å². The molecule has 192 valence electrons. The summed E-state index contributed by atoms with van der Waals surface area (Å²) >= 11 is 0. The van der Waals surface area contributed by atoms with Crippen LogP contribution in [0.15, 0.2) is 48.5 Å². The molecule has 1 aromatic heterocycles. The zero-order valence-corrected chi connectivity index (χ0v) is 21.5. The number of piperazine rings is 1. The quantitative estimate of drug-likeness (QED) is 0.561. The third-order valence-electron chi connectivity index (χ3n) is 7.38. The molecule has 2 aromatic carbocycles. The molecule has 0 spiro atoms. The Balaban J connectivity index is 0.000000967. The number of fused-ring (bicyclic) bond motifs is 1. The number of imidazole rings is 1. The van der Waals surface area contributed by atoms with Crippen LogP contribution in [0, 0.1) is 5.92 Å². The fraction of sp³-hybridized carbons (Fsp3) is 0.464. The summed E-state index contributed by atoms with van der Waals surface area (Å²) in [5, 5.41) is 6.89. The second-order valence-corrected chi connectivity index (χ2v) is 9.88. The summed E-state index contributed by atoms with van der Waals surface area (Å²) in [7, 11) is 2.08. The molecule has 0 radical (unpaired) electrons. The normalized spacial score (nSPS) is 18.7. The topological polar surface area (TPSA) is 81.9 Å². The lowest BCUT2D eigenvalue weighted by Gasteiger charge is -2.40. The van der Waals surface area contributed by atoms with Crippen molar-refractivity contribution in [2.75, 3.05) is 44.2 Å². The van der Waals surface area contributed by atoms with E-state index in [9.17, 15) is 4.79 Å². The second-order valence-electron chi connectivity index (χ2n) is 9.88. The minimum absolute atomic E-state index is 0.0868. The van der Waals surface area contributed by atoms with E-state index in [0.717, 1.165) is 74.5 Å². The number of hydrogen-bond donors (Lipinski definition) is 1. The lowest BCUT2D eigenvalue weighted by atomic mass is 9.95. The van der Waals surface area contributed by atoms with Gasteiger partial charge >= 0.3 is 0 Å². The Morgan fingerprint density at radius 3 is 2.47 bits per heavy atom. The van der Waals surface area contributed by atoms with Crippen molar-refractivity contribution in [3.05, 3.63) is 48.5 Å². The molecule has 2 saturated heterocycles. The predicted molar refractivity (Wildman–Crippen MR) is 143 cm³/mol. The standard InChI is InChI=1S/C27H35N5O.CH2O2/c1-20(2)30-14-16-31(17-15-30)27(33)22-9-7-13-32(19-22)23-10-6-8-21(18-23)26-28-24-11-4-5-12-25(24)29(26)3;2-1-3/h4-6,8,10-12,18,20,22H,7,9,13-17,19H2,1-3H3;1H,(H,2,3)/t22-;/m1./s1. The number of aromatic nitrogens is 2. The lowest BCUT2D eigenvalue weighted by Crippen LogP contribution is -2.53. The fourth-order valence-electron chi connectivity index (χ4n) is 5.38. The molecule has 1 amide bonds. The van der Waals surface area contributed by atoms with Crippen molar-refractivity contribution in [2.45, 2.75) is 32.7 Å². The number of rotatable bonds is 4. The first-order valence-electron chi connectivity index (χ1n) is 12.8. The molecular weight excluding hydrogens is 454 g/mol. The van der Waals surface area contributed by atoms with E-state index in [1.165, 1.54) is 5.69 Å². The zero-order chi connectivity index (χ0) is 25.7. The van der Waals surface area contributed by atoms with Crippen LogP contribution in [0.1, 0.15) is 26.7 Å². The van der Waals surface area contributed by atoms with Crippen LogP contribution in [-0.2, 0) is 16.6 Å². The Kier molecular flexibility index (Phi) is 8.25. The first kappa shape index (κ1) is 25.7. The summed E-state index contributed by atoms with van der Waals surface area (Å²) in [4.78, 5) is 33.5. The molecule has 2 aliphatic rings. The Morgan fingerprint density at radius 1 is 1.06 bits per heavy atom. The first-order valence-corrected chi connectivity index (χ1v) is 12.8. The average Bonchev–Trinajstić information content (AvgIpc) is 3.25. The van der Waals surface area contributed by atoms with E-state index >= 15 is 0 Å². The molecule has 0 aliphatic carbocycles. The fourth-order valence-corrected chi connectivity index (χ4v) is 5.38. The Morgan fingerprint density at radius 2 is 1.78 bits per heavy atom. The van der Waals surface area contributed by atoms with Gasteiger partial charge in [0.05, 0.1) is 17.0 Å². The van der Waals surface area contributed by atoms with Crippen LogP contribution in [0.25, 0.3) is 22.4 Å². The summed E-state index contributed by atoms with van der Waals surface area (Å²) in [5.74, 6) is 1.41. The molecule has 2 aliphatic heterocycles. The molecule has 0 unspecified atom stereocenters. The van der Waals surface area contributed by atoms with Crippen LogP contribution >= 0.6 is 0 Å². The lowest BCUT2D eigenvalue weighted by molar-refractivity contribution is -0.137. The van der Waals surface area contributed by atoms with Gasteiger partial charge in [0.25, 0.3) is 6.47 Å². The maximum absolute atomic E-state index is 13.3. The van der Waals surface area contributed by atoms with Gasteiger partial charge in [0, 0.05) is 63.6 Å². The van der Waals surface area contributed by atoms with Gasteiger partial charge in [0.2, 0.25) is 5.91 Å². The van der Waals surface area contributed by atoms with Gasteiger partial charge < -0.3 is 19.5 Å². The van der Waals surface area contributed by atoms with E-state index in [2.05, 4.69) is 82.6 Å². The van der Waals surface area contributed by atoms with E-state index in [1.807, 2.05) is 6.07 Å². The van der Waals surface area contributed by atoms with Gasteiger partial charge in [-0.25, -0.2) is 4.98 Å². The van der Waals surface area contributed by atoms with Crippen LogP contribution in [0.5, 0.6) is 0 Å². The largest absolute Gasteiger partial charge is 0.483 e. The summed E-state index contributed by atoms with van der Waals surface area (Å²) in [6.07, 6.45) is 2.04. The number of carbonyl (C=O) groups is 2. The van der Waals surface area contributed by atoms with Crippen molar-refractivity contribution < 1.29 is 14.7 Å². The highest BCUT2D eigenvalue weighted by Crippen LogP contribution is 2.30. The average molecular weight is 492 g/mol. The third kappa shape index (κ3) is 5.54. The number of aryl methyl sites for hydroxylation is 1. The van der Waals surface area contributed by atoms with Gasteiger partial charge in [-0.3, -0.25) is 14.5 Å². The summed E-state index contributed by atoms with van der Waals surface area (Å²) in [6.45, 7) is 9.70. The molecule has 3 aromatic rings. The van der Waals surface area contributed by atoms with Gasteiger partial charge in [-0.1, -0.05) is 24.3 Å². The van der Waals surface area contributed by atoms with Gasteiger partial charge in [-0.05, 0) is 51.0 Å². The number of amides is 1. The van der Waals surface area contributed by atoms with Crippen LogP contribution in [0.2, 0.25) is 0 Å². The Labute approximate surface area is 213 Å². The third-order valence-corrected chi connectivity index (χ3v) is 7.38. The van der Waals surface area contributed by atoms with Crippen molar-refractivity contribution in [3.8, 4) is 11.4 Å². The van der Waals surface area contributed by atoms with Gasteiger partial charge in [0.15, 0.2) is 0 Å². The highest BCUT2D eigenvalue weighted by molar-refractivity contribution is 5.82. The number of carbonyl (C=O) groups excluding carboxylic acids is 1. The SMILES string of the molecule is CC(C)N1CCN(C(=O)[C@@H]2CCCN(c3cccc(-c4nc5ccccc5n4C)c3)C2)CC1.O=CO. The smallest absolute Gasteiger partial charge is 0.290 e. The summed E-state index contributed by atoms with van der Waals surface area (Å²) in [5.41, 5.74) is 4.45. The minimum Gasteiger partial charge on any atom is -0.483 e. The number of benzene rings is 2. The number of nitrogens with zero attached hydrogens (tertiary/aromatic N) is 5. The maximum Gasteiger partial charge on any atom is 0.290 e. The zero-order valence-electron chi connectivity index (χ0n) is 21.5. The molecule has 3 heterocycles. The number of para-hydroxylation sites is 2. The Hall–Kier alpha value is -3.39. The van der Waals surface area contributed by atoms with E-state index in [-0.39, 0.29) is 12.4 Å². The molecule has 5 rings (SSSR count). The van der Waals surface area contributed by atoms with Crippen molar-refractivity contribution in [3.63, 3.8) is 0 Å². The van der Waals surface area contributed by atoms with Crippen molar-refractivity contribution in [2.24, 2.45) is 13.0 Å². The monoisotopic (exact) mass is 491 g/mol. The number of carboxylic acid groups (broad SMARTS) is 1. The van der Waals surface area contributed by atoms with E-state index in [1.54, 1.807) is 0 Å². The van der Waals surface area contributed by atoms with E-state index in [0.29, 0.717) is 11.9 Å². The molecular formula is C28H37N5O3. The number of anilines is 1. The van der Waals surface area contributed by atoms with E-state index in [4.69, 9.17) is 14.9 Å². The molecule has 0 saturated carbocycles. The van der Waals surface area contributed by atoms with Gasteiger partial charge in [0.1, 0.15) is 5.82 Å². The molecule has 8 nitrogen and oxygen atoms in total. The minimum atomic E-state index is -0.250. The number of piperidine rings is 1. The molecule has 1 atom stereocenters. The van der Waals surface area contributed by atoms with Crippen LogP contribution in [0.3, 0.4) is 0 Å². The second kappa shape index (κ2) is 11.6. The molecule has 2 fully saturated rings. The summed E-state index contributed by atoms with van der Waals surface area (Å²) in [6, 6.07) is 17.4. The van der Waals surface area contributed by atoms with Crippen LogP contribution in [0.4, 0.5) is 5.69 Å². The van der Waals surface area contributed by atoms with Crippen LogP contribution < -0.4 is 4.90 Å². The van der Waals surface area contributed by atoms with Gasteiger partial charge in [-0.15, -0.1) is 0 Å². The molecule has 36 heavy (non-hydrogen) atoms. The van der Waals surface area contributed by atoms with Crippen molar-refractivity contribution in [1.82, 2.24) is 19.4 Å². The van der Waals surface area contributed by atoms with Crippen molar-refractivity contribution in [1.29, 1.82) is 0 Å². The maximum atomic E-state index is 13.3. The van der Waals surface area contributed by atoms with Crippen LogP contribution in [-0.4, -0.2) is 82.1 Å². The van der Waals surface area contributed by atoms with Crippen molar-refractivity contribution >= 4 is 29.1 Å². The first-order chi connectivity index (χ1) is 17.4. The predicted octanol–water partition coefficient (Wildman–Crippen LogP) is 3.71. The molecule has 0 bridgehead atoms. The highest BCUT2D eigenvalue weighted by Gasteiger charge is 2.31. The highest BCUT2D eigenvalue weighted by atomic mass is 16.3. The Bertz CT molecular complexity index is 1180. The summed E-state index contributed by atoms with van der Waals surface area (Å²) < 4.78 is 2.16. The molecule has 8 heteroatoms. The number of hydrogen-bond acceptors (Lipinski definition) is 5. The molecule has 1 N–H and O–H groups in total.